The summed E-state index contributed by atoms with van der Waals surface area (Å²) in [4.78, 5) is 17.3. The average Bonchev–Trinajstić information content (AvgIpc) is 3.28. The molecule has 0 atom stereocenters. The van der Waals surface area contributed by atoms with Gasteiger partial charge >= 0.3 is 5.97 Å². The third kappa shape index (κ3) is 3.81. The molecule has 0 saturated carbocycles. The smallest absolute Gasteiger partial charge is 0.348 e. The van der Waals surface area contributed by atoms with Gasteiger partial charge in [-0.2, -0.15) is 0 Å². The van der Waals surface area contributed by atoms with Crippen LogP contribution >= 0.6 is 0 Å². The lowest BCUT2D eigenvalue weighted by Gasteiger charge is -2.26. The van der Waals surface area contributed by atoms with Gasteiger partial charge in [0.1, 0.15) is 18.6 Å². The van der Waals surface area contributed by atoms with Crippen LogP contribution in [-0.4, -0.2) is 16.1 Å². The van der Waals surface area contributed by atoms with Crippen molar-refractivity contribution < 1.29 is 19.1 Å². The highest BCUT2D eigenvalue weighted by Gasteiger charge is 2.41. The summed E-state index contributed by atoms with van der Waals surface area (Å²) >= 11 is 0. The van der Waals surface area contributed by atoms with E-state index in [9.17, 15) is 9.90 Å². The third-order valence-corrected chi connectivity index (χ3v) is 4.60. The highest BCUT2D eigenvalue weighted by atomic mass is 16.6. The van der Waals surface area contributed by atoms with Crippen LogP contribution in [0.15, 0.2) is 102 Å². The Hall–Kier alpha value is -3.70. The number of ether oxygens (including phenoxy) is 1. The molecule has 0 aliphatic rings. The van der Waals surface area contributed by atoms with Crippen molar-refractivity contribution in [2.24, 2.45) is 0 Å². The predicted molar refractivity (Wildman–Crippen MR) is 108 cm³/mol. The van der Waals surface area contributed by atoms with Gasteiger partial charge in [0.2, 0.25) is 11.5 Å². The Morgan fingerprint density at radius 1 is 0.862 bits per heavy atom. The number of rotatable bonds is 6. The zero-order valence-corrected chi connectivity index (χ0v) is 15.6. The molecule has 4 rings (SSSR count). The van der Waals surface area contributed by atoms with E-state index in [4.69, 9.17) is 9.15 Å². The molecule has 1 aromatic heterocycles. The molecule has 4 aromatic rings. The van der Waals surface area contributed by atoms with Crippen LogP contribution in [0.25, 0.3) is 11.5 Å². The fraction of sp³-hybridized carbons (Fsp3) is 0.0833. The van der Waals surface area contributed by atoms with Crippen LogP contribution < -0.4 is 0 Å². The highest BCUT2D eigenvalue weighted by Crippen LogP contribution is 2.31. The van der Waals surface area contributed by atoms with Gasteiger partial charge in [-0.15, -0.1) is 0 Å². The van der Waals surface area contributed by atoms with Crippen LogP contribution in [0.4, 0.5) is 0 Å². The van der Waals surface area contributed by atoms with Gasteiger partial charge in [-0.05, 0) is 23.3 Å². The maximum atomic E-state index is 13.0. The van der Waals surface area contributed by atoms with Crippen molar-refractivity contribution in [2.75, 3.05) is 0 Å². The number of hydrogen-bond acceptors (Lipinski definition) is 5. The zero-order valence-electron chi connectivity index (χ0n) is 15.6. The number of carbonyl (C=O) groups excluding carboxylic acids is 1. The molecule has 5 heteroatoms. The average molecular weight is 385 g/mol. The fourth-order valence-electron chi connectivity index (χ4n) is 3.09. The molecule has 1 heterocycles. The molecule has 5 nitrogen and oxygen atoms in total. The van der Waals surface area contributed by atoms with Crippen molar-refractivity contribution in [3.8, 4) is 11.5 Å². The van der Waals surface area contributed by atoms with Gasteiger partial charge < -0.3 is 14.3 Å². The van der Waals surface area contributed by atoms with E-state index in [1.165, 1.54) is 6.26 Å². The summed E-state index contributed by atoms with van der Waals surface area (Å²) in [5.41, 5.74) is 0.229. The number of oxazole rings is 1. The molecule has 0 amide bonds. The summed E-state index contributed by atoms with van der Waals surface area (Å²) < 4.78 is 10.9. The first-order valence-corrected chi connectivity index (χ1v) is 9.18. The largest absolute Gasteiger partial charge is 0.456 e. The van der Waals surface area contributed by atoms with Gasteiger partial charge in [0.25, 0.3) is 0 Å². The van der Waals surface area contributed by atoms with Gasteiger partial charge in [-0.25, -0.2) is 9.78 Å². The zero-order chi connectivity index (χ0) is 20.1. The number of carbonyl (C=O) groups is 1. The summed E-state index contributed by atoms with van der Waals surface area (Å²) in [6, 6.07) is 26.9. The first kappa shape index (κ1) is 18.7. The SMILES string of the molecule is O=C(OCc1coc(-c2ccccc2)n1)C(O)(c1ccccc1)c1ccccc1. The van der Waals surface area contributed by atoms with Crippen molar-refractivity contribution >= 4 is 5.97 Å². The molecule has 144 valence electrons. The lowest BCUT2D eigenvalue weighted by molar-refractivity contribution is -0.163. The highest BCUT2D eigenvalue weighted by molar-refractivity contribution is 5.85. The summed E-state index contributed by atoms with van der Waals surface area (Å²) in [6.07, 6.45) is 1.44. The maximum Gasteiger partial charge on any atom is 0.348 e. The Labute approximate surface area is 168 Å². The molecule has 0 spiro atoms. The van der Waals surface area contributed by atoms with Gasteiger partial charge in [-0.1, -0.05) is 78.9 Å². The van der Waals surface area contributed by atoms with E-state index >= 15 is 0 Å². The second-order valence-electron chi connectivity index (χ2n) is 6.53. The normalized spacial score (nSPS) is 11.2. The second kappa shape index (κ2) is 8.12. The Kier molecular flexibility index (Phi) is 5.22. The number of aliphatic hydroxyl groups is 1. The summed E-state index contributed by atoms with van der Waals surface area (Å²) in [5.74, 6) is -0.336. The van der Waals surface area contributed by atoms with Crippen LogP contribution in [0, 0.1) is 0 Å². The molecular formula is C24H19NO4. The Bertz CT molecular complexity index is 1040. The summed E-state index contributed by atoms with van der Waals surface area (Å²) in [6.45, 7) is -0.114. The van der Waals surface area contributed by atoms with E-state index in [2.05, 4.69) is 4.98 Å². The van der Waals surface area contributed by atoms with Crippen LogP contribution in [0.5, 0.6) is 0 Å². The predicted octanol–water partition coefficient (Wildman–Crippen LogP) is 4.32. The first-order chi connectivity index (χ1) is 14.2. The molecule has 1 N–H and O–H groups in total. The van der Waals surface area contributed by atoms with E-state index in [0.29, 0.717) is 22.7 Å². The second-order valence-corrected chi connectivity index (χ2v) is 6.53. The number of aromatic nitrogens is 1. The molecule has 3 aromatic carbocycles. The lowest BCUT2D eigenvalue weighted by atomic mass is 9.86. The molecule has 0 bridgehead atoms. The van der Waals surface area contributed by atoms with E-state index in [1.807, 2.05) is 42.5 Å². The first-order valence-electron chi connectivity index (χ1n) is 9.18. The van der Waals surface area contributed by atoms with Gasteiger partial charge in [0.05, 0.1) is 0 Å². The van der Waals surface area contributed by atoms with Gasteiger partial charge in [0, 0.05) is 5.56 Å². The minimum absolute atomic E-state index is 0.114. The van der Waals surface area contributed by atoms with Crippen molar-refractivity contribution in [3.63, 3.8) is 0 Å². The maximum absolute atomic E-state index is 13.0. The van der Waals surface area contributed by atoms with Crippen LogP contribution in [0.2, 0.25) is 0 Å². The van der Waals surface area contributed by atoms with Crippen molar-refractivity contribution in [1.82, 2.24) is 4.98 Å². The lowest BCUT2D eigenvalue weighted by Crippen LogP contribution is -2.38. The molecule has 29 heavy (non-hydrogen) atoms. The van der Waals surface area contributed by atoms with Crippen LogP contribution in [-0.2, 0) is 21.7 Å². The minimum atomic E-state index is -1.92. The number of nitrogens with zero attached hydrogens (tertiary/aromatic N) is 1. The van der Waals surface area contributed by atoms with E-state index in [1.54, 1.807) is 48.5 Å². The molecular weight excluding hydrogens is 366 g/mol. The van der Waals surface area contributed by atoms with Gasteiger partial charge in [0.15, 0.2) is 0 Å². The Morgan fingerprint density at radius 2 is 1.38 bits per heavy atom. The van der Waals surface area contributed by atoms with Gasteiger partial charge in [-0.3, -0.25) is 0 Å². The molecule has 0 fully saturated rings. The number of esters is 1. The van der Waals surface area contributed by atoms with E-state index < -0.39 is 11.6 Å². The molecule has 0 aliphatic carbocycles. The minimum Gasteiger partial charge on any atom is -0.456 e. The van der Waals surface area contributed by atoms with E-state index in [-0.39, 0.29) is 6.61 Å². The molecule has 0 radical (unpaired) electrons. The molecule has 0 saturated heterocycles. The van der Waals surface area contributed by atoms with E-state index in [0.717, 1.165) is 5.56 Å². The van der Waals surface area contributed by atoms with Crippen molar-refractivity contribution in [2.45, 2.75) is 12.2 Å². The van der Waals surface area contributed by atoms with Crippen molar-refractivity contribution in [1.29, 1.82) is 0 Å². The standard InChI is InChI=1S/C24H19NO4/c26-23(29-17-21-16-28-22(25-21)18-10-4-1-5-11-18)24(27,19-12-6-2-7-13-19)20-14-8-3-9-15-20/h1-16,27H,17H2. The molecule has 0 aliphatic heterocycles. The fourth-order valence-corrected chi connectivity index (χ4v) is 3.09. The molecule has 0 unspecified atom stereocenters. The van der Waals surface area contributed by atoms with Crippen LogP contribution in [0.1, 0.15) is 16.8 Å². The third-order valence-electron chi connectivity index (χ3n) is 4.60. The van der Waals surface area contributed by atoms with Crippen LogP contribution in [0.3, 0.4) is 0 Å². The monoisotopic (exact) mass is 385 g/mol. The number of hydrogen-bond donors (Lipinski definition) is 1. The van der Waals surface area contributed by atoms with Crippen molar-refractivity contribution in [3.05, 3.63) is 114 Å². The quantitative estimate of drug-likeness (QED) is 0.501. The Balaban J connectivity index is 1.56. The summed E-state index contributed by atoms with van der Waals surface area (Å²) in [5, 5.41) is 11.4. The Morgan fingerprint density at radius 3 is 1.93 bits per heavy atom. The summed E-state index contributed by atoms with van der Waals surface area (Å²) in [7, 11) is 0. The topological polar surface area (TPSA) is 72.6 Å². The number of benzene rings is 3.